The van der Waals surface area contributed by atoms with Crippen molar-refractivity contribution in [3.8, 4) is 0 Å². The van der Waals surface area contributed by atoms with Gasteiger partial charge in [0.2, 0.25) is 0 Å². The molecule has 2 nitrogen and oxygen atoms in total. The van der Waals surface area contributed by atoms with Crippen LogP contribution in [0.3, 0.4) is 0 Å². The van der Waals surface area contributed by atoms with E-state index < -0.39 is 0 Å². The van der Waals surface area contributed by atoms with Gasteiger partial charge in [-0.1, -0.05) is 20.3 Å². The minimum atomic E-state index is 0.602. The Morgan fingerprint density at radius 2 is 2.29 bits per heavy atom. The Morgan fingerprint density at radius 1 is 1.71 bits per heavy atom. The van der Waals surface area contributed by atoms with Gasteiger partial charge in [0, 0.05) is 0 Å². The maximum atomic E-state index is 4.80. The Kier molecular flexibility index (Phi) is 4.04. The molecule has 0 aliphatic carbocycles. The van der Waals surface area contributed by atoms with Gasteiger partial charge in [0.05, 0.1) is 6.61 Å². The molecule has 1 unspecified atom stereocenters. The summed E-state index contributed by atoms with van der Waals surface area (Å²) in [6.07, 6.45) is 1.14. The lowest BCUT2D eigenvalue weighted by atomic mass is 10.1. The Bertz CT molecular complexity index is 39.1. The van der Waals surface area contributed by atoms with E-state index in [0.29, 0.717) is 12.5 Å². The van der Waals surface area contributed by atoms with E-state index in [1.54, 1.807) is 0 Å². The first-order valence-corrected chi connectivity index (χ1v) is 2.63. The van der Waals surface area contributed by atoms with Gasteiger partial charge in [0.15, 0.2) is 0 Å². The van der Waals surface area contributed by atoms with Gasteiger partial charge < -0.3 is 4.84 Å². The highest BCUT2D eigenvalue weighted by molar-refractivity contribution is 4.43. The molecule has 0 aromatic carbocycles. The van der Waals surface area contributed by atoms with Crippen LogP contribution in [0.15, 0.2) is 0 Å². The monoisotopic (exact) mass is 103 g/mol. The molecule has 2 N–H and O–H groups in total. The molecular weight excluding hydrogens is 90.1 g/mol. The second-order valence-electron chi connectivity index (χ2n) is 1.85. The highest BCUT2D eigenvalue weighted by atomic mass is 16.6. The molecule has 1 atom stereocenters. The van der Waals surface area contributed by atoms with Crippen LogP contribution in [-0.4, -0.2) is 6.61 Å². The van der Waals surface area contributed by atoms with Crippen LogP contribution in [0.2, 0.25) is 0 Å². The van der Waals surface area contributed by atoms with Gasteiger partial charge in [-0.15, -0.1) is 0 Å². The van der Waals surface area contributed by atoms with Gasteiger partial charge in [-0.25, -0.2) is 5.90 Å². The molecule has 0 heterocycles. The molecule has 0 spiro atoms. The molecule has 0 radical (unpaired) electrons. The summed E-state index contributed by atoms with van der Waals surface area (Å²) in [4.78, 5) is 4.39. The van der Waals surface area contributed by atoms with Crippen LogP contribution >= 0.6 is 0 Å². The van der Waals surface area contributed by atoms with Crippen molar-refractivity contribution >= 4 is 0 Å². The Morgan fingerprint density at radius 3 is 2.43 bits per heavy atom. The molecule has 0 aliphatic rings. The molecule has 2 heteroatoms. The molecule has 0 amide bonds. The molecule has 0 aliphatic heterocycles. The van der Waals surface area contributed by atoms with Gasteiger partial charge in [-0.2, -0.15) is 0 Å². The molecule has 0 bridgehead atoms. The summed E-state index contributed by atoms with van der Waals surface area (Å²) < 4.78 is 0. The summed E-state index contributed by atoms with van der Waals surface area (Å²) in [7, 11) is 0. The zero-order valence-corrected chi connectivity index (χ0v) is 4.98. The topological polar surface area (TPSA) is 35.2 Å². The van der Waals surface area contributed by atoms with Crippen molar-refractivity contribution < 1.29 is 4.84 Å². The van der Waals surface area contributed by atoms with E-state index in [0.717, 1.165) is 6.42 Å². The van der Waals surface area contributed by atoms with Crippen molar-refractivity contribution in [3.05, 3.63) is 0 Å². The Hall–Kier alpha value is -0.0800. The van der Waals surface area contributed by atoms with E-state index >= 15 is 0 Å². The minimum Gasteiger partial charge on any atom is -0.304 e. The lowest BCUT2D eigenvalue weighted by molar-refractivity contribution is 0.106. The Labute approximate surface area is 44.6 Å². The van der Waals surface area contributed by atoms with Crippen LogP contribution in [-0.2, 0) is 4.84 Å². The maximum Gasteiger partial charge on any atom is 0.0704 e. The molecule has 0 rings (SSSR count). The lowest BCUT2D eigenvalue weighted by Crippen LogP contribution is -2.08. The maximum absolute atomic E-state index is 4.80. The number of hydrogen-bond donors (Lipinski definition) is 1. The number of rotatable bonds is 3. The number of hydrogen-bond acceptors (Lipinski definition) is 2. The quantitative estimate of drug-likeness (QED) is 0.539. The fourth-order valence-corrected chi connectivity index (χ4v) is 0.282. The third-order valence-electron chi connectivity index (χ3n) is 1.08. The molecule has 0 aromatic rings. The third-order valence-corrected chi connectivity index (χ3v) is 1.08. The molecule has 0 fully saturated rings. The van der Waals surface area contributed by atoms with Crippen molar-refractivity contribution in [1.29, 1.82) is 0 Å². The predicted molar refractivity (Wildman–Crippen MR) is 29.6 cm³/mol. The number of nitrogens with two attached hydrogens (primary N) is 1. The van der Waals surface area contributed by atoms with Gasteiger partial charge >= 0.3 is 0 Å². The average Bonchev–Trinajstić information content (AvgIpc) is 1.68. The van der Waals surface area contributed by atoms with Crippen LogP contribution in [0.25, 0.3) is 0 Å². The molecule has 0 saturated heterocycles. The smallest absolute Gasteiger partial charge is 0.0704 e. The largest absolute Gasteiger partial charge is 0.304 e. The van der Waals surface area contributed by atoms with Crippen LogP contribution in [0.5, 0.6) is 0 Å². The highest BCUT2D eigenvalue weighted by Crippen LogP contribution is 1.97. The summed E-state index contributed by atoms with van der Waals surface area (Å²) in [6.45, 7) is 4.90. The van der Waals surface area contributed by atoms with E-state index in [4.69, 9.17) is 5.90 Å². The average molecular weight is 103 g/mol. The van der Waals surface area contributed by atoms with Crippen molar-refractivity contribution in [3.63, 3.8) is 0 Å². The molecule has 0 saturated carbocycles. The molecule has 7 heavy (non-hydrogen) atoms. The highest BCUT2D eigenvalue weighted by Gasteiger charge is 1.93. The lowest BCUT2D eigenvalue weighted by Gasteiger charge is -2.02. The Balaban J connectivity index is 2.83. The molecule has 0 aromatic heterocycles. The fourth-order valence-electron chi connectivity index (χ4n) is 0.282. The van der Waals surface area contributed by atoms with Crippen molar-refractivity contribution in [2.45, 2.75) is 20.3 Å². The summed E-state index contributed by atoms with van der Waals surface area (Å²) in [5.41, 5.74) is 0. The van der Waals surface area contributed by atoms with E-state index in [9.17, 15) is 0 Å². The summed E-state index contributed by atoms with van der Waals surface area (Å²) >= 11 is 0. The van der Waals surface area contributed by atoms with Crippen LogP contribution < -0.4 is 5.90 Å². The summed E-state index contributed by atoms with van der Waals surface area (Å²) in [5.74, 6) is 5.41. The van der Waals surface area contributed by atoms with Crippen molar-refractivity contribution in [2.75, 3.05) is 6.61 Å². The van der Waals surface area contributed by atoms with Gasteiger partial charge in [0.25, 0.3) is 0 Å². The molecule has 44 valence electrons. The SMILES string of the molecule is CCC(C)CON. The first-order chi connectivity index (χ1) is 3.31. The zero-order chi connectivity index (χ0) is 5.70. The van der Waals surface area contributed by atoms with Crippen LogP contribution in [0.1, 0.15) is 20.3 Å². The molecular formula is C5H13NO. The minimum absolute atomic E-state index is 0.602. The predicted octanol–water partition coefficient (Wildman–Crippen LogP) is 0.923. The van der Waals surface area contributed by atoms with Crippen LogP contribution in [0, 0.1) is 5.92 Å². The third kappa shape index (κ3) is 3.76. The van der Waals surface area contributed by atoms with E-state index in [1.165, 1.54) is 0 Å². The van der Waals surface area contributed by atoms with Crippen molar-refractivity contribution in [1.82, 2.24) is 0 Å². The second kappa shape index (κ2) is 4.09. The fraction of sp³-hybridized carbons (Fsp3) is 1.00. The first-order valence-electron chi connectivity index (χ1n) is 2.63. The zero-order valence-electron chi connectivity index (χ0n) is 4.98. The summed E-state index contributed by atoms with van der Waals surface area (Å²) in [6, 6.07) is 0. The van der Waals surface area contributed by atoms with Crippen LogP contribution in [0.4, 0.5) is 0 Å². The van der Waals surface area contributed by atoms with Gasteiger partial charge in [0.1, 0.15) is 0 Å². The second-order valence-corrected chi connectivity index (χ2v) is 1.85. The summed E-state index contributed by atoms with van der Waals surface area (Å²) in [5, 5.41) is 0. The van der Waals surface area contributed by atoms with Gasteiger partial charge in [-0.3, -0.25) is 0 Å². The first kappa shape index (κ1) is 6.92. The van der Waals surface area contributed by atoms with E-state index in [2.05, 4.69) is 18.7 Å². The van der Waals surface area contributed by atoms with Gasteiger partial charge in [-0.05, 0) is 5.92 Å². The standard InChI is InChI=1S/C5H13NO/c1-3-5(2)4-7-6/h5H,3-4,6H2,1-2H3. The van der Waals surface area contributed by atoms with Crippen molar-refractivity contribution in [2.24, 2.45) is 11.8 Å². The van der Waals surface area contributed by atoms with E-state index in [1.807, 2.05) is 0 Å². The van der Waals surface area contributed by atoms with E-state index in [-0.39, 0.29) is 0 Å². The normalized spacial score (nSPS) is 14.1.